The molecule has 1 unspecified atom stereocenters. The zero-order valence-corrected chi connectivity index (χ0v) is 18.8. The molecule has 164 valence electrons. The lowest BCUT2D eigenvalue weighted by Gasteiger charge is -2.09. The molecule has 1 aliphatic rings. The number of aromatic nitrogens is 2. The van der Waals surface area contributed by atoms with E-state index >= 15 is 0 Å². The zero-order chi connectivity index (χ0) is 21.9. The van der Waals surface area contributed by atoms with E-state index in [9.17, 15) is 22.2 Å². The van der Waals surface area contributed by atoms with Crippen molar-refractivity contribution in [2.75, 3.05) is 29.2 Å². The highest BCUT2D eigenvalue weighted by molar-refractivity contribution is 9.10. The minimum atomic E-state index is -3.71. The van der Waals surface area contributed by atoms with E-state index in [0.717, 1.165) is 0 Å². The number of hydrogen-bond acceptors (Lipinski definition) is 9. The normalized spacial score (nSPS) is 16.7. The van der Waals surface area contributed by atoms with E-state index < -0.39 is 30.8 Å². The van der Waals surface area contributed by atoms with E-state index in [-0.39, 0.29) is 34.1 Å². The van der Waals surface area contributed by atoms with Gasteiger partial charge in [0.25, 0.3) is 10.0 Å². The number of benzene rings is 1. The molecule has 0 bridgehead atoms. The lowest BCUT2D eigenvalue weighted by Crippen LogP contribution is -2.20. The van der Waals surface area contributed by atoms with Gasteiger partial charge in [0.2, 0.25) is 11.7 Å². The summed E-state index contributed by atoms with van der Waals surface area (Å²) >= 11 is 3.05. The molecular formula is C15H18BrFN6O5S2. The smallest absolute Gasteiger partial charge is 0.263 e. The van der Waals surface area contributed by atoms with Gasteiger partial charge in [-0.1, -0.05) is 5.16 Å². The van der Waals surface area contributed by atoms with Gasteiger partial charge in [-0.3, -0.25) is 0 Å². The fourth-order valence-electron chi connectivity index (χ4n) is 2.34. The number of nitrogens with zero attached hydrogens (tertiary/aromatic N) is 4. The summed E-state index contributed by atoms with van der Waals surface area (Å²) in [5.41, 5.74) is 0.397. The Morgan fingerprint density at radius 1 is 1.37 bits per heavy atom. The van der Waals surface area contributed by atoms with Gasteiger partial charge in [0.1, 0.15) is 5.82 Å². The lowest BCUT2D eigenvalue weighted by molar-refractivity contribution is 0.305. The van der Waals surface area contributed by atoms with Crippen LogP contribution in [-0.2, 0) is 19.8 Å². The van der Waals surface area contributed by atoms with Gasteiger partial charge in [-0.15, -0.1) is 3.77 Å². The first-order valence-corrected chi connectivity index (χ1v) is 13.0. The van der Waals surface area contributed by atoms with Crippen molar-refractivity contribution in [2.24, 2.45) is 8.92 Å². The summed E-state index contributed by atoms with van der Waals surface area (Å²) in [5, 5.41) is 24.7. The minimum absolute atomic E-state index is 0.00286. The molecule has 0 saturated heterocycles. The first kappa shape index (κ1) is 22.4. The maximum atomic E-state index is 13.4. The van der Waals surface area contributed by atoms with Gasteiger partial charge in [0, 0.05) is 24.2 Å². The molecule has 1 aromatic heterocycles. The summed E-state index contributed by atoms with van der Waals surface area (Å²) < 4.78 is 58.1. The Kier molecular flexibility index (Phi) is 6.62. The summed E-state index contributed by atoms with van der Waals surface area (Å²) in [5.74, 6) is -0.618. The van der Waals surface area contributed by atoms with Crippen LogP contribution in [0.5, 0.6) is 0 Å². The largest absolute Gasteiger partial charge is 0.409 e. The van der Waals surface area contributed by atoms with Crippen molar-refractivity contribution in [3.63, 3.8) is 0 Å². The first-order valence-electron chi connectivity index (χ1n) is 8.57. The molecule has 0 spiro atoms. The average molecular weight is 525 g/mol. The lowest BCUT2D eigenvalue weighted by atomic mass is 10.3. The van der Waals surface area contributed by atoms with Crippen molar-refractivity contribution in [3.05, 3.63) is 34.2 Å². The molecule has 0 aliphatic heterocycles. The maximum Gasteiger partial charge on any atom is 0.263 e. The molecule has 0 amide bonds. The van der Waals surface area contributed by atoms with Crippen LogP contribution in [0, 0.1) is 5.82 Å². The highest BCUT2D eigenvalue weighted by Crippen LogP contribution is 2.30. The Labute approximate surface area is 180 Å². The van der Waals surface area contributed by atoms with Crippen molar-refractivity contribution >= 4 is 53.0 Å². The van der Waals surface area contributed by atoms with Crippen LogP contribution >= 0.6 is 15.9 Å². The van der Waals surface area contributed by atoms with Gasteiger partial charge in [-0.05, 0) is 57.3 Å². The summed E-state index contributed by atoms with van der Waals surface area (Å²) in [4.78, 5) is 0. The molecule has 1 aliphatic carbocycles. The van der Waals surface area contributed by atoms with Gasteiger partial charge < -0.3 is 15.8 Å². The maximum absolute atomic E-state index is 13.4. The number of anilines is 2. The van der Waals surface area contributed by atoms with Crippen molar-refractivity contribution < 1.29 is 26.9 Å². The molecule has 1 atom stereocenters. The molecule has 1 heterocycles. The first-order chi connectivity index (χ1) is 14.1. The van der Waals surface area contributed by atoms with E-state index in [1.807, 2.05) is 0 Å². The van der Waals surface area contributed by atoms with Crippen LogP contribution < -0.4 is 10.6 Å². The van der Waals surface area contributed by atoms with Gasteiger partial charge in [0.15, 0.2) is 5.69 Å². The standard InChI is InChI=1S/C15H18BrFN6O5S2/c1-29(25,23-30(26,27)10-3-4-10)7-6-18-14-13(21-28-22-14)15(20-24)19-9-2-5-12(17)11(16)8-9/h2,5,8,10,24H,3-4,6-7H2,1H3,(H,18,22)(H,19,20). The van der Waals surface area contributed by atoms with Crippen LogP contribution in [-0.4, -0.2) is 57.8 Å². The van der Waals surface area contributed by atoms with Crippen LogP contribution in [0.25, 0.3) is 0 Å². The fraction of sp³-hybridized carbons (Fsp3) is 0.400. The summed E-state index contributed by atoms with van der Waals surface area (Å²) in [7, 11) is -6.70. The average Bonchev–Trinajstić information content (AvgIpc) is 3.43. The number of hydrogen-bond donors (Lipinski definition) is 3. The molecule has 0 radical (unpaired) electrons. The van der Waals surface area contributed by atoms with Crippen molar-refractivity contribution in [1.82, 2.24) is 10.3 Å². The Morgan fingerprint density at radius 3 is 2.73 bits per heavy atom. The minimum Gasteiger partial charge on any atom is -0.409 e. The van der Waals surface area contributed by atoms with E-state index in [0.29, 0.717) is 18.5 Å². The predicted octanol–water partition coefficient (Wildman–Crippen LogP) is 2.22. The third kappa shape index (κ3) is 5.66. The monoisotopic (exact) mass is 524 g/mol. The van der Waals surface area contributed by atoms with Gasteiger partial charge in [-0.2, -0.15) is 0 Å². The SMILES string of the molecule is CS(=O)(CCNc1nonc1/C(=N/O)Nc1ccc(F)c(Br)c1)=NS(=O)(=O)C1CC1. The van der Waals surface area contributed by atoms with Crippen LogP contribution in [0.2, 0.25) is 0 Å². The van der Waals surface area contributed by atoms with Crippen molar-refractivity contribution in [2.45, 2.75) is 18.1 Å². The number of sulfonamides is 1. The quantitative estimate of drug-likeness (QED) is 0.203. The molecule has 11 nitrogen and oxygen atoms in total. The predicted molar refractivity (Wildman–Crippen MR) is 112 cm³/mol. The van der Waals surface area contributed by atoms with Crippen LogP contribution in [0.1, 0.15) is 18.5 Å². The fourth-order valence-corrected chi connectivity index (χ4v) is 6.48. The number of amidine groups is 1. The Bertz CT molecular complexity index is 1190. The van der Waals surface area contributed by atoms with E-state index in [1.54, 1.807) is 0 Å². The van der Waals surface area contributed by atoms with E-state index in [4.69, 9.17) is 0 Å². The highest BCUT2D eigenvalue weighted by Gasteiger charge is 2.36. The van der Waals surface area contributed by atoms with E-state index in [1.165, 1.54) is 24.5 Å². The molecule has 3 rings (SSSR count). The molecule has 2 aromatic rings. The number of oxime groups is 1. The molecule has 15 heteroatoms. The molecule has 1 aromatic carbocycles. The topological polar surface area (TPSA) is 159 Å². The third-order valence-corrected chi connectivity index (χ3v) is 8.95. The second-order valence-electron chi connectivity index (χ2n) is 6.54. The second-order valence-corrected chi connectivity index (χ2v) is 12.0. The van der Waals surface area contributed by atoms with Crippen LogP contribution in [0.15, 0.2) is 36.2 Å². The highest BCUT2D eigenvalue weighted by atomic mass is 79.9. The van der Waals surface area contributed by atoms with Gasteiger partial charge in [0.05, 0.1) is 19.5 Å². The molecule has 1 saturated carbocycles. The zero-order valence-electron chi connectivity index (χ0n) is 15.6. The molecule has 3 N–H and O–H groups in total. The van der Waals surface area contributed by atoms with Gasteiger partial charge >= 0.3 is 0 Å². The number of nitrogens with one attached hydrogen (secondary N) is 2. The Hall–Kier alpha value is -2.26. The summed E-state index contributed by atoms with van der Waals surface area (Å²) in [6, 6.07) is 4.05. The van der Waals surface area contributed by atoms with Crippen molar-refractivity contribution in [1.29, 1.82) is 0 Å². The molecule has 1 fully saturated rings. The second kappa shape index (κ2) is 8.85. The third-order valence-electron chi connectivity index (χ3n) is 3.98. The molecule has 30 heavy (non-hydrogen) atoms. The van der Waals surface area contributed by atoms with Crippen LogP contribution in [0.3, 0.4) is 0 Å². The number of halogens is 2. The van der Waals surface area contributed by atoms with Gasteiger partial charge in [-0.25, -0.2) is 21.6 Å². The van der Waals surface area contributed by atoms with E-state index in [2.05, 4.69) is 50.4 Å². The van der Waals surface area contributed by atoms with Crippen LogP contribution in [0.4, 0.5) is 15.9 Å². The number of rotatable bonds is 8. The summed E-state index contributed by atoms with van der Waals surface area (Å²) in [6.45, 7) is 0.0427. The summed E-state index contributed by atoms with van der Waals surface area (Å²) in [6.07, 6.45) is 2.34. The Morgan fingerprint density at radius 2 is 2.10 bits per heavy atom. The molecular weight excluding hydrogens is 507 g/mol. The van der Waals surface area contributed by atoms with Crippen molar-refractivity contribution in [3.8, 4) is 0 Å². The Balaban J connectivity index is 1.67.